The van der Waals surface area contributed by atoms with Crippen molar-refractivity contribution in [1.29, 1.82) is 0 Å². The highest BCUT2D eigenvalue weighted by Gasteiger charge is 2.07. The smallest absolute Gasteiger partial charge is 0.251 e. The summed E-state index contributed by atoms with van der Waals surface area (Å²) < 4.78 is 12.8. The molecule has 0 unspecified atom stereocenters. The molecule has 0 saturated heterocycles. The van der Waals surface area contributed by atoms with Crippen LogP contribution in [0.5, 0.6) is 0 Å². The van der Waals surface area contributed by atoms with Crippen molar-refractivity contribution in [3.63, 3.8) is 0 Å². The van der Waals surface area contributed by atoms with Crippen molar-refractivity contribution >= 4 is 22.8 Å². The van der Waals surface area contributed by atoms with Gasteiger partial charge in [-0.15, -0.1) is 0 Å². The first-order valence-corrected chi connectivity index (χ1v) is 8.86. The van der Waals surface area contributed by atoms with E-state index in [2.05, 4.69) is 20.6 Å². The predicted molar refractivity (Wildman–Crippen MR) is 101 cm³/mol. The zero-order valence-corrected chi connectivity index (χ0v) is 14.8. The van der Waals surface area contributed by atoms with E-state index in [9.17, 15) is 14.0 Å². The molecule has 0 bridgehead atoms. The van der Waals surface area contributed by atoms with E-state index < -0.39 is 0 Å². The van der Waals surface area contributed by atoms with Crippen LogP contribution in [-0.2, 0) is 11.2 Å². The second kappa shape index (κ2) is 8.93. The fourth-order valence-electron chi connectivity index (χ4n) is 2.69. The number of fused-ring (bicyclic) bond motifs is 1. The molecule has 0 spiro atoms. The summed E-state index contributed by atoms with van der Waals surface area (Å²) in [6.45, 7) is 0.883. The van der Waals surface area contributed by atoms with Crippen molar-refractivity contribution in [2.24, 2.45) is 0 Å². The van der Waals surface area contributed by atoms with Crippen LogP contribution in [0.15, 0.2) is 48.5 Å². The summed E-state index contributed by atoms with van der Waals surface area (Å²) in [5.74, 6) is 0.108. The third-order valence-corrected chi connectivity index (χ3v) is 4.09. The third-order valence-electron chi connectivity index (χ3n) is 4.09. The number of nitrogens with zero attached hydrogens (tertiary/aromatic N) is 1. The lowest BCUT2D eigenvalue weighted by Crippen LogP contribution is -2.28. The zero-order chi connectivity index (χ0) is 19.1. The number of para-hydroxylation sites is 2. The highest BCUT2D eigenvalue weighted by Crippen LogP contribution is 2.10. The molecule has 0 atom stereocenters. The van der Waals surface area contributed by atoms with Crippen LogP contribution in [0, 0.1) is 5.82 Å². The van der Waals surface area contributed by atoms with E-state index in [1.165, 1.54) is 24.3 Å². The van der Waals surface area contributed by atoms with Crippen LogP contribution < -0.4 is 10.6 Å². The van der Waals surface area contributed by atoms with Crippen LogP contribution >= 0.6 is 0 Å². The number of amides is 2. The Morgan fingerprint density at radius 3 is 2.56 bits per heavy atom. The molecule has 140 valence electrons. The number of nitrogens with one attached hydrogen (secondary N) is 3. The number of carbonyl (C=O) groups excluding carboxylic acids is 2. The lowest BCUT2D eigenvalue weighted by Gasteiger charge is -2.06. The fourth-order valence-corrected chi connectivity index (χ4v) is 2.69. The molecule has 2 amide bonds. The summed E-state index contributed by atoms with van der Waals surface area (Å²) in [6.07, 6.45) is 1.48. The van der Waals surface area contributed by atoms with E-state index in [-0.39, 0.29) is 17.6 Å². The van der Waals surface area contributed by atoms with Gasteiger partial charge in [0.1, 0.15) is 11.6 Å². The van der Waals surface area contributed by atoms with Gasteiger partial charge in [0.15, 0.2) is 0 Å². The monoisotopic (exact) mass is 368 g/mol. The van der Waals surface area contributed by atoms with Crippen LogP contribution in [0.2, 0.25) is 0 Å². The van der Waals surface area contributed by atoms with Crippen molar-refractivity contribution in [1.82, 2.24) is 20.6 Å². The molecule has 3 aromatic rings. The molecule has 3 N–H and O–H groups in total. The number of rotatable bonds is 8. The van der Waals surface area contributed by atoms with Gasteiger partial charge in [-0.05, 0) is 42.8 Å². The van der Waals surface area contributed by atoms with Crippen molar-refractivity contribution in [3.05, 3.63) is 65.7 Å². The molecule has 3 rings (SSSR count). The number of halogens is 1. The molecule has 27 heavy (non-hydrogen) atoms. The minimum absolute atomic E-state index is 0.0675. The summed E-state index contributed by atoms with van der Waals surface area (Å²) in [5.41, 5.74) is 2.29. The van der Waals surface area contributed by atoms with Gasteiger partial charge in [-0.3, -0.25) is 9.59 Å². The highest BCUT2D eigenvalue weighted by molar-refractivity contribution is 5.94. The molecule has 1 aromatic heterocycles. The molecule has 2 aromatic carbocycles. The molecule has 0 aliphatic carbocycles. The Hall–Kier alpha value is -3.22. The Bertz CT molecular complexity index is 888. The molecule has 0 aliphatic heterocycles. The summed E-state index contributed by atoms with van der Waals surface area (Å²) in [5, 5.41) is 5.56. The summed E-state index contributed by atoms with van der Waals surface area (Å²) in [6, 6.07) is 13.1. The average molecular weight is 368 g/mol. The largest absolute Gasteiger partial charge is 0.356 e. The highest BCUT2D eigenvalue weighted by atomic mass is 19.1. The van der Waals surface area contributed by atoms with Crippen molar-refractivity contribution in [2.75, 3.05) is 13.1 Å². The summed E-state index contributed by atoms with van der Waals surface area (Å²) in [7, 11) is 0. The predicted octanol–water partition coefficient (Wildman–Crippen LogP) is 2.57. The molecule has 0 fully saturated rings. The van der Waals surface area contributed by atoms with Gasteiger partial charge in [0.05, 0.1) is 11.0 Å². The number of aromatic nitrogens is 2. The number of imidazole rings is 1. The van der Waals surface area contributed by atoms with Gasteiger partial charge >= 0.3 is 0 Å². The van der Waals surface area contributed by atoms with E-state index in [1.54, 1.807) is 0 Å². The maximum Gasteiger partial charge on any atom is 0.251 e. The maximum atomic E-state index is 12.8. The third kappa shape index (κ3) is 5.37. The van der Waals surface area contributed by atoms with E-state index in [0.717, 1.165) is 16.9 Å². The SMILES string of the molecule is O=C(CCCNC(=O)c1ccc(F)cc1)NCCc1nc2ccccc2[nH]1. The van der Waals surface area contributed by atoms with Gasteiger partial charge < -0.3 is 15.6 Å². The normalized spacial score (nSPS) is 10.7. The van der Waals surface area contributed by atoms with Gasteiger partial charge in [-0.25, -0.2) is 9.37 Å². The minimum atomic E-state index is -0.383. The molecular formula is C20H21FN4O2. The van der Waals surface area contributed by atoms with Crippen molar-refractivity contribution in [3.8, 4) is 0 Å². The Kier molecular flexibility index (Phi) is 6.14. The summed E-state index contributed by atoms with van der Waals surface area (Å²) in [4.78, 5) is 31.4. The molecule has 7 heteroatoms. The molecule has 6 nitrogen and oxygen atoms in total. The maximum absolute atomic E-state index is 12.8. The van der Waals surface area contributed by atoms with Gasteiger partial charge in [0.25, 0.3) is 5.91 Å². The Morgan fingerprint density at radius 1 is 1.00 bits per heavy atom. The number of carbonyl (C=O) groups is 2. The van der Waals surface area contributed by atoms with E-state index in [4.69, 9.17) is 0 Å². The number of benzene rings is 2. The fraction of sp³-hybridized carbons (Fsp3) is 0.250. The average Bonchev–Trinajstić information content (AvgIpc) is 3.08. The topological polar surface area (TPSA) is 86.9 Å². The number of hydrogen-bond acceptors (Lipinski definition) is 3. The van der Waals surface area contributed by atoms with Crippen LogP contribution in [0.25, 0.3) is 11.0 Å². The lowest BCUT2D eigenvalue weighted by atomic mass is 10.2. The molecule has 0 radical (unpaired) electrons. The van der Waals surface area contributed by atoms with Crippen LogP contribution in [-0.4, -0.2) is 34.9 Å². The molecular weight excluding hydrogens is 347 g/mol. The number of H-pyrrole nitrogens is 1. The Labute approximate surface area is 156 Å². The molecule has 1 heterocycles. The second-order valence-corrected chi connectivity index (χ2v) is 6.17. The summed E-state index contributed by atoms with van der Waals surface area (Å²) >= 11 is 0. The van der Waals surface area contributed by atoms with Crippen LogP contribution in [0.1, 0.15) is 29.0 Å². The van der Waals surface area contributed by atoms with Gasteiger partial charge in [0.2, 0.25) is 5.91 Å². The first-order chi connectivity index (χ1) is 13.1. The number of aromatic amines is 1. The first-order valence-electron chi connectivity index (χ1n) is 8.86. The van der Waals surface area contributed by atoms with E-state index in [1.807, 2.05) is 24.3 Å². The Balaban J connectivity index is 1.31. The molecule has 0 aliphatic rings. The van der Waals surface area contributed by atoms with Crippen molar-refractivity contribution in [2.45, 2.75) is 19.3 Å². The van der Waals surface area contributed by atoms with E-state index >= 15 is 0 Å². The first kappa shape index (κ1) is 18.6. The zero-order valence-electron chi connectivity index (χ0n) is 14.8. The van der Waals surface area contributed by atoms with Crippen LogP contribution in [0.4, 0.5) is 4.39 Å². The second-order valence-electron chi connectivity index (χ2n) is 6.17. The lowest BCUT2D eigenvalue weighted by molar-refractivity contribution is -0.121. The number of hydrogen-bond donors (Lipinski definition) is 3. The van der Waals surface area contributed by atoms with Gasteiger partial charge in [0, 0.05) is 31.5 Å². The Morgan fingerprint density at radius 2 is 1.78 bits per heavy atom. The standard InChI is InChI=1S/C20H21FN4O2/c21-15-9-7-14(8-10-15)20(27)23-12-3-6-19(26)22-13-11-18-24-16-4-1-2-5-17(16)25-18/h1-2,4-5,7-10H,3,6,11-13H2,(H,22,26)(H,23,27)(H,24,25). The minimum Gasteiger partial charge on any atom is -0.356 e. The molecule has 0 saturated carbocycles. The van der Waals surface area contributed by atoms with Gasteiger partial charge in [-0.2, -0.15) is 0 Å². The quantitative estimate of drug-likeness (QED) is 0.534. The van der Waals surface area contributed by atoms with Crippen molar-refractivity contribution < 1.29 is 14.0 Å². The van der Waals surface area contributed by atoms with Crippen LogP contribution in [0.3, 0.4) is 0 Å². The van der Waals surface area contributed by atoms with Gasteiger partial charge in [-0.1, -0.05) is 12.1 Å². The van der Waals surface area contributed by atoms with E-state index in [0.29, 0.717) is 37.9 Å².